The van der Waals surface area contributed by atoms with Crippen molar-refractivity contribution in [1.29, 1.82) is 0 Å². The summed E-state index contributed by atoms with van der Waals surface area (Å²) in [6.45, 7) is 4.70. The highest BCUT2D eigenvalue weighted by Gasteiger charge is 2.35. The van der Waals surface area contributed by atoms with Crippen molar-refractivity contribution < 1.29 is 4.42 Å². The zero-order chi connectivity index (χ0) is 43.5. The molecule has 12 rings (SSSR count). The van der Waals surface area contributed by atoms with E-state index in [0.29, 0.717) is 0 Å². The van der Waals surface area contributed by atoms with E-state index in [1.165, 1.54) is 61.2 Å². The van der Waals surface area contributed by atoms with Gasteiger partial charge in [0.1, 0.15) is 11.2 Å². The van der Waals surface area contributed by atoms with Crippen LogP contribution in [0.4, 0.5) is 17.1 Å². The number of para-hydroxylation sites is 2. The lowest BCUT2D eigenvalue weighted by Gasteiger charge is -2.29. The van der Waals surface area contributed by atoms with Crippen molar-refractivity contribution in [3.8, 4) is 66.8 Å². The Kier molecular flexibility index (Phi) is 9.21. The summed E-state index contributed by atoms with van der Waals surface area (Å²) in [5.74, 6) is 0. The number of hydrogen-bond donors (Lipinski definition) is 0. The molecule has 308 valence electrons. The van der Waals surface area contributed by atoms with Gasteiger partial charge in [-0.15, -0.1) is 0 Å². The van der Waals surface area contributed by atoms with E-state index in [0.717, 1.165) is 55.7 Å². The first-order chi connectivity index (χ1) is 32.0. The van der Waals surface area contributed by atoms with Crippen LogP contribution in [0.2, 0.25) is 0 Å². The molecule has 0 N–H and O–H groups in total. The Bertz CT molecular complexity index is 3560. The fourth-order valence-corrected chi connectivity index (χ4v) is 10.3. The molecule has 0 aliphatic heterocycles. The molecule has 0 bridgehead atoms. The van der Waals surface area contributed by atoms with E-state index in [4.69, 9.17) is 4.42 Å². The van der Waals surface area contributed by atoms with Crippen molar-refractivity contribution in [3.63, 3.8) is 0 Å². The minimum Gasteiger partial charge on any atom is -0.456 e. The molecule has 0 amide bonds. The SMILES string of the molecule is CC1(C)c2ccccc2-c2ccc(-c3ccc(N(c4ccc(-c5ccc6oc7ccccc7c6c5)cc4)c4ccccc4-c4ccccc4-c4ccccc4-c4ccccc4)cc3)cc21. The zero-order valence-corrected chi connectivity index (χ0v) is 36.4. The van der Waals surface area contributed by atoms with E-state index in [2.05, 4.69) is 243 Å². The van der Waals surface area contributed by atoms with Crippen LogP contribution in [0.25, 0.3) is 88.7 Å². The van der Waals surface area contributed by atoms with E-state index >= 15 is 0 Å². The highest BCUT2D eigenvalue weighted by molar-refractivity contribution is 6.06. The molecule has 0 saturated heterocycles. The van der Waals surface area contributed by atoms with Crippen LogP contribution in [0.1, 0.15) is 25.0 Å². The Morgan fingerprint density at radius 2 is 0.785 bits per heavy atom. The van der Waals surface area contributed by atoms with Crippen molar-refractivity contribution in [2.75, 3.05) is 4.90 Å². The summed E-state index contributed by atoms with van der Waals surface area (Å²) in [4.78, 5) is 2.41. The van der Waals surface area contributed by atoms with Gasteiger partial charge in [-0.3, -0.25) is 0 Å². The van der Waals surface area contributed by atoms with Gasteiger partial charge in [0.25, 0.3) is 0 Å². The molecule has 11 aromatic rings. The van der Waals surface area contributed by atoms with Gasteiger partial charge < -0.3 is 9.32 Å². The lowest BCUT2D eigenvalue weighted by molar-refractivity contribution is 0.660. The van der Waals surface area contributed by atoms with E-state index in [1.807, 2.05) is 12.1 Å². The molecule has 1 aliphatic rings. The number of fused-ring (bicyclic) bond motifs is 6. The molecule has 2 heteroatoms. The second-order valence-corrected chi connectivity index (χ2v) is 17.6. The summed E-state index contributed by atoms with van der Waals surface area (Å²) in [5.41, 5.74) is 22.3. The van der Waals surface area contributed by atoms with Crippen LogP contribution in [-0.4, -0.2) is 0 Å². The molecule has 2 nitrogen and oxygen atoms in total. The predicted octanol–water partition coefficient (Wildman–Crippen LogP) is 17.7. The van der Waals surface area contributed by atoms with Gasteiger partial charge in [0, 0.05) is 33.1 Å². The quantitative estimate of drug-likeness (QED) is 0.152. The molecular weight excluding hydrogens is 787 g/mol. The highest BCUT2D eigenvalue weighted by Crippen LogP contribution is 2.50. The normalized spacial score (nSPS) is 12.6. The number of furan rings is 1. The third-order valence-electron chi connectivity index (χ3n) is 13.5. The molecule has 0 radical (unpaired) electrons. The summed E-state index contributed by atoms with van der Waals surface area (Å²) >= 11 is 0. The van der Waals surface area contributed by atoms with Crippen LogP contribution >= 0.6 is 0 Å². The van der Waals surface area contributed by atoms with Gasteiger partial charge in [0.05, 0.1) is 5.69 Å². The first-order valence-corrected chi connectivity index (χ1v) is 22.5. The standard InChI is InChI=1S/C63H45NO/c1-63(2)58-25-13-10-22-53(58)54-38-32-46(41-59(54)63)43-30-36-48(37-31-43)64(47-34-28-42(29-35-47)45-33-39-62-57(40-45)56-24-12-15-27-61(56)65-62)60-26-14-11-23-55(60)52-21-9-8-20-51(52)50-19-7-6-18-49(50)44-16-4-3-5-17-44/h3-41H,1-2H3. The molecule has 0 fully saturated rings. The van der Waals surface area contributed by atoms with Gasteiger partial charge in [-0.05, 0) is 127 Å². The zero-order valence-electron chi connectivity index (χ0n) is 36.4. The third-order valence-corrected chi connectivity index (χ3v) is 13.5. The van der Waals surface area contributed by atoms with Crippen LogP contribution in [0.5, 0.6) is 0 Å². The van der Waals surface area contributed by atoms with E-state index in [1.54, 1.807) is 0 Å². The Hall–Kier alpha value is -8.20. The maximum absolute atomic E-state index is 6.18. The van der Waals surface area contributed by atoms with Crippen LogP contribution in [0, 0.1) is 0 Å². The number of rotatable bonds is 8. The van der Waals surface area contributed by atoms with Crippen LogP contribution in [0.3, 0.4) is 0 Å². The van der Waals surface area contributed by atoms with E-state index < -0.39 is 0 Å². The minimum absolute atomic E-state index is 0.0650. The van der Waals surface area contributed by atoms with Gasteiger partial charge in [0.15, 0.2) is 0 Å². The maximum atomic E-state index is 6.18. The molecule has 0 unspecified atom stereocenters. The number of nitrogens with zero attached hydrogens (tertiary/aromatic N) is 1. The third kappa shape index (κ3) is 6.57. The molecule has 0 spiro atoms. The fraction of sp³-hybridized carbons (Fsp3) is 0.0476. The van der Waals surface area contributed by atoms with Crippen LogP contribution < -0.4 is 4.90 Å². The second kappa shape index (κ2) is 15.6. The molecule has 1 aliphatic carbocycles. The maximum Gasteiger partial charge on any atom is 0.135 e. The molecular formula is C63H45NO. The van der Waals surface area contributed by atoms with Crippen molar-refractivity contribution in [3.05, 3.63) is 248 Å². The van der Waals surface area contributed by atoms with Crippen molar-refractivity contribution in [2.45, 2.75) is 19.3 Å². The van der Waals surface area contributed by atoms with Gasteiger partial charge in [-0.1, -0.05) is 196 Å². The minimum atomic E-state index is -0.0650. The number of anilines is 3. The molecule has 65 heavy (non-hydrogen) atoms. The van der Waals surface area contributed by atoms with Gasteiger partial charge in [-0.25, -0.2) is 0 Å². The summed E-state index contributed by atoms with van der Waals surface area (Å²) < 4.78 is 6.18. The Morgan fingerprint density at radius 3 is 1.49 bits per heavy atom. The smallest absolute Gasteiger partial charge is 0.135 e. The number of hydrogen-bond acceptors (Lipinski definition) is 2. The Balaban J connectivity index is 0.980. The summed E-state index contributed by atoms with van der Waals surface area (Å²) in [6.07, 6.45) is 0. The number of benzene rings is 10. The van der Waals surface area contributed by atoms with Crippen LogP contribution in [0.15, 0.2) is 241 Å². The van der Waals surface area contributed by atoms with Gasteiger partial charge in [0.2, 0.25) is 0 Å². The van der Waals surface area contributed by atoms with Crippen molar-refractivity contribution >= 4 is 39.0 Å². The molecule has 1 aromatic heterocycles. The molecule has 0 saturated carbocycles. The fourth-order valence-electron chi connectivity index (χ4n) is 10.3. The lowest BCUT2D eigenvalue weighted by atomic mass is 9.81. The summed E-state index contributed by atoms with van der Waals surface area (Å²) in [5, 5.41) is 2.26. The van der Waals surface area contributed by atoms with Crippen LogP contribution in [-0.2, 0) is 5.41 Å². The average molecular weight is 832 g/mol. The summed E-state index contributed by atoms with van der Waals surface area (Å²) in [6, 6.07) is 85.9. The lowest BCUT2D eigenvalue weighted by Crippen LogP contribution is -2.14. The molecule has 10 aromatic carbocycles. The van der Waals surface area contributed by atoms with Gasteiger partial charge in [-0.2, -0.15) is 0 Å². The summed E-state index contributed by atoms with van der Waals surface area (Å²) in [7, 11) is 0. The second-order valence-electron chi connectivity index (χ2n) is 17.6. The van der Waals surface area contributed by atoms with E-state index in [-0.39, 0.29) is 5.41 Å². The monoisotopic (exact) mass is 831 g/mol. The first-order valence-electron chi connectivity index (χ1n) is 22.5. The highest BCUT2D eigenvalue weighted by atomic mass is 16.3. The van der Waals surface area contributed by atoms with E-state index in [9.17, 15) is 0 Å². The predicted molar refractivity (Wildman–Crippen MR) is 273 cm³/mol. The molecule has 1 heterocycles. The topological polar surface area (TPSA) is 16.4 Å². The first kappa shape index (κ1) is 38.5. The molecule has 0 atom stereocenters. The Labute approximate surface area is 380 Å². The van der Waals surface area contributed by atoms with Crippen molar-refractivity contribution in [2.24, 2.45) is 0 Å². The van der Waals surface area contributed by atoms with Gasteiger partial charge >= 0.3 is 0 Å². The Morgan fingerprint density at radius 1 is 0.308 bits per heavy atom. The largest absolute Gasteiger partial charge is 0.456 e. The van der Waals surface area contributed by atoms with Crippen molar-refractivity contribution in [1.82, 2.24) is 0 Å². The average Bonchev–Trinajstić information content (AvgIpc) is 3.86.